The summed E-state index contributed by atoms with van der Waals surface area (Å²) >= 11 is 6.49. The van der Waals surface area contributed by atoms with Gasteiger partial charge in [0.1, 0.15) is 11.4 Å². The molecule has 0 saturated heterocycles. The van der Waals surface area contributed by atoms with Crippen molar-refractivity contribution < 1.29 is 14.3 Å². The highest BCUT2D eigenvalue weighted by Crippen LogP contribution is 2.34. The van der Waals surface area contributed by atoms with E-state index < -0.39 is 5.97 Å². The van der Waals surface area contributed by atoms with Crippen molar-refractivity contribution in [2.45, 2.75) is 6.54 Å². The van der Waals surface area contributed by atoms with Crippen LogP contribution in [0.15, 0.2) is 66.7 Å². The third-order valence-corrected chi connectivity index (χ3v) is 5.11. The first-order valence-electron chi connectivity index (χ1n) is 9.07. The van der Waals surface area contributed by atoms with Crippen LogP contribution in [-0.4, -0.2) is 29.7 Å². The van der Waals surface area contributed by atoms with Crippen LogP contribution in [0.1, 0.15) is 16.2 Å². The van der Waals surface area contributed by atoms with E-state index in [2.05, 4.69) is 15.6 Å². The summed E-state index contributed by atoms with van der Waals surface area (Å²) in [6.07, 6.45) is 0. The lowest BCUT2D eigenvalue weighted by Crippen LogP contribution is -2.09. The summed E-state index contributed by atoms with van der Waals surface area (Å²) in [6.45, 7) is 0.473. The molecule has 0 unspecified atom stereocenters. The summed E-state index contributed by atoms with van der Waals surface area (Å²) in [6, 6.07) is 21.1. The Balaban J connectivity index is 1.87. The summed E-state index contributed by atoms with van der Waals surface area (Å²) < 4.78 is 12.3. The number of nitrogens with zero attached hydrogens (tertiary/aromatic N) is 2. The smallest absolute Gasteiger partial charge is 0.356 e. The minimum Gasteiger partial charge on any atom is -0.497 e. The normalized spacial score (nSPS) is 10.9. The van der Waals surface area contributed by atoms with Crippen LogP contribution in [-0.2, 0) is 11.3 Å². The Bertz CT molecular complexity index is 1200. The number of methoxy groups -OCH3 is 2. The molecule has 0 fully saturated rings. The van der Waals surface area contributed by atoms with Gasteiger partial charge in [0.25, 0.3) is 0 Å². The molecule has 4 aromatic rings. The predicted octanol–water partition coefficient (Wildman–Crippen LogP) is 5.20. The van der Waals surface area contributed by atoms with E-state index in [4.69, 9.17) is 21.1 Å². The average Bonchev–Trinajstić information content (AvgIpc) is 3.10. The molecule has 146 valence electrons. The number of rotatable bonds is 5. The molecule has 0 aliphatic heterocycles. The number of benzene rings is 2. The number of esters is 1. The highest BCUT2D eigenvalue weighted by atomic mass is 35.5. The Hall–Kier alpha value is -3.31. The van der Waals surface area contributed by atoms with Gasteiger partial charge in [-0.3, -0.25) is 0 Å². The maximum absolute atomic E-state index is 11.9. The van der Waals surface area contributed by atoms with Gasteiger partial charge in [-0.1, -0.05) is 35.9 Å². The molecule has 0 atom stereocenters. The van der Waals surface area contributed by atoms with Crippen molar-refractivity contribution in [3.8, 4) is 17.0 Å². The van der Waals surface area contributed by atoms with Crippen LogP contribution in [0.25, 0.3) is 22.2 Å². The lowest BCUT2D eigenvalue weighted by atomic mass is 10.1. The van der Waals surface area contributed by atoms with Gasteiger partial charge in [0.2, 0.25) is 0 Å². The molecule has 2 aromatic carbocycles. The van der Waals surface area contributed by atoms with Crippen molar-refractivity contribution in [3.05, 3.63) is 83.1 Å². The van der Waals surface area contributed by atoms with Crippen molar-refractivity contribution in [2.75, 3.05) is 14.2 Å². The number of pyridine rings is 1. The third kappa shape index (κ3) is 3.69. The number of hydrogen-bond donors (Lipinski definition) is 0. The van der Waals surface area contributed by atoms with E-state index >= 15 is 0 Å². The van der Waals surface area contributed by atoms with Gasteiger partial charge in [0, 0.05) is 21.5 Å². The van der Waals surface area contributed by atoms with E-state index in [0.29, 0.717) is 11.6 Å². The van der Waals surface area contributed by atoms with E-state index in [1.807, 2.05) is 48.5 Å². The second-order valence-electron chi connectivity index (χ2n) is 6.53. The lowest BCUT2D eigenvalue weighted by molar-refractivity contribution is 0.0593. The van der Waals surface area contributed by atoms with E-state index in [1.54, 1.807) is 19.2 Å². The van der Waals surface area contributed by atoms with E-state index in [9.17, 15) is 4.79 Å². The van der Waals surface area contributed by atoms with Crippen molar-refractivity contribution in [3.63, 3.8) is 0 Å². The van der Waals surface area contributed by atoms with Gasteiger partial charge in [-0.15, -0.1) is 0 Å². The minimum atomic E-state index is -0.458. The number of ether oxygens (including phenoxy) is 2. The van der Waals surface area contributed by atoms with Crippen LogP contribution in [0.5, 0.6) is 5.75 Å². The Morgan fingerprint density at radius 1 is 1.03 bits per heavy atom. The fraction of sp³-hybridized carbons (Fsp3) is 0.130. The Kier molecular flexibility index (Phi) is 5.23. The molecule has 0 aliphatic rings. The van der Waals surface area contributed by atoms with Gasteiger partial charge in [-0.2, -0.15) is 0 Å². The lowest BCUT2D eigenvalue weighted by Gasteiger charge is -2.12. The number of carbonyl (C=O) groups excluding carboxylic acids is 1. The maximum Gasteiger partial charge on any atom is 0.356 e. The van der Waals surface area contributed by atoms with Crippen LogP contribution in [0, 0.1) is 0 Å². The zero-order chi connectivity index (χ0) is 20.4. The molecule has 0 spiro atoms. The predicted molar refractivity (Wildman–Crippen MR) is 114 cm³/mol. The first-order valence-corrected chi connectivity index (χ1v) is 9.45. The average molecular weight is 407 g/mol. The van der Waals surface area contributed by atoms with Crippen LogP contribution in [0.4, 0.5) is 0 Å². The van der Waals surface area contributed by atoms with Crippen molar-refractivity contribution in [2.24, 2.45) is 0 Å². The molecule has 5 nitrogen and oxygen atoms in total. The molecule has 29 heavy (non-hydrogen) atoms. The minimum absolute atomic E-state index is 0.280. The zero-order valence-electron chi connectivity index (χ0n) is 16.1. The summed E-state index contributed by atoms with van der Waals surface area (Å²) in [5.41, 5.74) is 3.93. The van der Waals surface area contributed by atoms with Crippen LogP contribution in [0.3, 0.4) is 0 Å². The molecule has 0 N–H and O–H groups in total. The molecule has 0 radical (unpaired) electrons. The van der Waals surface area contributed by atoms with Crippen LogP contribution < -0.4 is 4.74 Å². The summed E-state index contributed by atoms with van der Waals surface area (Å²) in [5.74, 6) is 0.325. The monoisotopic (exact) mass is 406 g/mol. The Morgan fingerprint density at radius 3 is 2.62 bits per heavy atom. The number of fused-ring (bicyclic) bond motifs is 1. The molecule has 2 heterocycles. The summed E-state index contributed by atoms with van der Waals surface area (Å²) in [7, 11) is 2.99. The second kappa shape index (κ2) is 7.97. The highest BCUT2D eigenvalue weighted by Gasteiger charge is 2.15. The van der Waals surface area contributed by atoms with Gasteiger partial charge in [0.05, 0.1) is 32.2 Å². The van der Waals surface area contributed by atoms with Crippen molar-refractivity contribution in [1.82, 2.24) is 9.55 Å². The Morgan fingerprint density at radius 2 is 1.86 bits per heavy atom. The van der Waals surface area contributed by atoms with Crippen molar-refractivity contribution in [1.29, 1.82) is 0 Å². The Labute approximate surface area is 173 Å². The molecule has 2 aromatic heterocycles. The fourth-order valence-corrected chi connectivity index (χ4v) is 3.62. The fourth-order valence-electron chi connectivity index (χ4n) is 3.39. The van der Waals surface area contributed by atoms with Crippen LogP contribution >= 0.6 is 11.6 Å². The summed E-state index contributed by atoms with van der Waals surface area (Å²) in [5, 5.41) is 1.70. The molecule has 0 saturated carbocycles. The number of halogens is 1. The first kappa shape index (κ1) is 19.0. The van der Waals surface area contributed by atoms with Gasteiger partial charge in [0.15, 0.2) is 0 Å². The number of hydrogen-bond acceptors (Lipinski definition) is 4. The first-order chi connectivity index (χ1) is 14.1. The van der Waals surface area contributed by atoms with E-state index in [0.717, 1.165) is 33.6 Å². The van der Waals surface area contributed by atoms with E-state index in [1.165, 1.54) is 7.11 Å². The molecule has 0 amide bonds. The quantitative estimate of drug-likeness (QED) is 0.427. The van der Waals surface area contributed by atoms with Gasteiger partial charge < -0.3 is 14.0 Å². The number of carbonyl (C=O) groups is 1. The topological polar surface area (TPSA) is 53.4 Å². The molecular formula is C23H19ClN2O3. The van der Waals surface area contributed by atoms with Gasteiger partial charge in [-0.25, -0.2) is 9.78 Å². The van der Waals surface area contributed by atoms with Gasteiger partial charge >= 0.3 is 5.97 Å². The van der Waals surface area contributed by atoms with Crippen LogP contribution in [0.2, 0.25) is 5.02 Å². The second-order valence-corrected chi connectivity index (χ2v) is 6.93. The molecule has 0 aliphatic carbocycles. The zero-order valence-corrected chi connectivity index (χ0v) is 16.8. The maximum atomic E-state index is 11.9. The van der Waals surface area contributed by atoms with Gasteiger partial charge in [-0.05, 0) is 42.5 Å². The number of aromatic nitrogens is 2. The van der Waals surface area contributed by atoms with E-state index in [-0.39, 0.29) is 5.69 Å². The molecular weight excluding hydrogens is 388 g/mol. The standard InChI is InChI=1S/C23H19ClN2O3/c1-28-17-10-11-21-15(12-17)13-22(18-7-3-4-8-19(18)24)26(21)14-16-6-5-9-20(25-16)23(27)29-2/h3-13H,14H2,1-2H3. The molecule has 6 heteroatoms. The third-order valence-electron chi connectivity index (χ3n) is 4.78. The largest absolute Gasteiger partial charge is 0.497 e. The summed E-state index contributed by atoms with van der Waals surface area (Å²) in [4.78, 5) is 16.3. The molecule has 0 bridgehead atoms. The molecule has 4 rings (SSSR count). The SMILES string of the molecule is COC(=O)c1cccc(Cn2c(-c3ccccc3Cl)cc3cc(OC)ccc32)n1. The highest BCUT2D eigenvalue weighted by molar-refractivity contribution is 6.33. The van der Waals surface area contributed by atoms with Crippen molar-refractivity contribution >= 4 is 28.5 Å².